The Hall–Kier alpha value is -2.93. The molecule has 128 valence electrons. The van der Waals surface area contributed by atoms with Gasteiger partial charge in [0.15, 0.2) is 0 Å². The Morgan fingerprint density at radius 2 is 2.04 bits per heavy atom. The highest BCUT2D eigenvalue weighted by atomic mass is 32.1. The number of nitrogens with zero attached hydrogens (tertiary/aromatic N) is 2. The van der Waals surface area contributed by atoms with Gasteiger partial charge in [-0.3, -0.25) is 9.59 Å². The highest BCUT2D eigenvalue weighted by Gasteiger charge is 2.21. The predicted octanol–water partition coefficient (Wildman–Crippen LogP) is 2.97. The van der Waals surface area contributed by atoms with Crippen LogP contribution in [0.25, 0.3) is 5.69 Å². The van der Waals surface area contributed by atoms with E-state index in [0.29, 0.717) is 5.56 Å². The zero-order valence-electron chi connectivity index (χ0n) is 13.6. The van der Waals surface area contributed by atoms with E-state index in [1.165, 1.54) is 24.6 Å². The van der Waals surface area contributed by atoms with Crippen molar-refractivity contribution >= 4 is 23.2 Å². The third-order valence-electron chi connectivity index (χ3n) is 3.66. The molecule has 7 heteroatoms. The molecule has 2 aromatic heterocycles. The number of para-hydroxylation sites is 1. The number of hydrogen-bond acceptors (Lipinski definition) is 5. The summed E-state index contributed by atoms with van der Waals surface area (Å²) in [6.07, 6.45) is 3.25. The van der Waals surface area contributed by atoms with E-state index in [4.69, 9.17) is 4.74 Å². The van der Waals surface area contributed by atoms with Crippen molar-refractivity contribution in [3.05, 3.63) is 70.7 Å². The maximum atomic E-state index is 12.6. The molecule has 0 aliphatic rings. The van der Waals surface area contributed by atoms with E-state index in [1.807, 2.05) is 47.8 Å². The van der Waals surface area contributed by atoms with Gasteiger partial charge in [0.2, 0.25) is 0 Å². The van der Waals surface area contributed by atoms with Gasteiger partial charge in [-0.15, -0.1) is 11.3 Å². The van der Waals surface area contributed by atoms with Crippen molar-refractivity contribution < 1.29 is 14.3 Å². The Kier molecular flexibility index (Phi) is 5.25. The Balaban J connectivity index is 1.75. The fourth-order valence-corrected chi connectivity index (χ4v) is 3.14. The zero-order chi connectivity index (χ0) is 17.6. The monoisotopic (exact) mass is 355 g/mol. The number of methoxy groups -OCH3 is 1. The number of thiophene rings is 1. The first-order valence-electron chi connectivity index (χ1n) is 7.68. The van der Waals surface area contributed by atoms with Crippen molar-refractivity contribution in [1.82, 2.24) is 15.1 Å². The van der Waals surface area contributed by atoms with Gasteiger partial charge in [-0.2, -0.15) is 5.10 Å². The molecule has 1 N–H and O–H groups in total. The molecule has 2 heterocycles. The highest BCUT2D eigenvalue weighted by Crippen LogP contribution is 2.23. The highest BCUT2D eigenvalue weighted by molar-refractivity contribution is 7.10. The van der Waals surface area contributed by atoms with Gasteiger partial charge in [0, 0.05) is 11.1 Å². The SMILES string of the molecule is COC(=O)CC(NC(=O)c1cnn(-c2ccccc2)c1)c1cccs1. The van der Waals surface area contributed by atoms with Crippen LogP contribution < -0.4 is 5.32 Å². The fraction of sp³-hybridized carbons (Fsp3) is 0.167. The fourth-order valence-electron chi connectivity index (χ4n) is 2.37. The summed E-state index contributed by atoms with van der Waals surface area (Å²) >= 11 is 1.48. The summed E-state index contributed by atoms with van der Waals surface area (Å²) in [6.45, 7) is 0. The molecule has 3 aromatic rings. The average molecular weight is 355 g/mol. The first kappa shape index (κ1) is 16.9. The topological polar surface area (TPSA) is 73.2 Å². The molecule has 0 radical (unpaired) electrons. The van der Waals surface area contributed by atoms with Crippen LogP contribution in [-0.2, 0) is 9.53 Å². The smallest absolute Gasteiger partial charge is 0.307 e. The predicted molar refractivity (Wildman–Crippen MR) is 94.7 cm³/mol. The molecular formula is C18H17N3O3S. The summed E-state index contributed by atoms with van der Waals surface area (Å²) in [5, 5.41) is 9.01. The minimum Gasteiger partial charge on any atom is -0.469 e. The van der Waals surface area contributed by atoms with E-state index in [9.17, 15) is 9.59 Å². The number of carbonyl (C=O) groups excluding carboxylic acids is 2. The molecule has 1 amide bonds. The van der Waals surface area contributed by atoms with Gasteiger partial charge in [-0.25, -0.2) is 4.68 Å². The number of ether oxygens (including phenoxy) is 1. The molecule has 3 rings (SSSR count). The first-order valence-corrected chi connectivity index (χ1v) is 8.56. The quantitative estimate of drug-likeness (QED) is 0.690. The summed E-state index contributed by atoms with van der Waals surface area (Å²) in [7, 11) is 1.33. The van der Waals surface area contributed by atoms with Crippen molar-refractivity contribution in [3.8, 4) is 5.69 Å². The summed E-state index contributed by atoms with van der Waals surface area (Å²) in [5.74, 6) is -0.664. The minimum absolute atomic E-state index is 0.0789. The van der Waals surface area contributed by atoms with Crippen LogP contribution in [-0.4, -0.2) is 28.8 Å². The number of carbonyl (C=O) groups is 2. The summed E-state index contributed by atoms with van der Waals surface area (Å²) in [6, 6.07) is 12.9. The first-order chi connectivity index (χ1) is 12.2. The summed E-state index contributed by atoms with van der Waals surface area (Å²) < 4.78 is 6.36. The Bertz CT molecular complexity index is 844. The number of aromatic nitrogens is 2. The van der Waals surface area contributed by atoms with Crippen LogP contribution in [0.5, 0.6) is 0 Å². The van der Waals surface area contributed by atoms with Crippen molar-refractivity contribution in [1.29, 1.82) is 0 Å². The van der Waals surface area contributed by atoms with Crippen molar-refractivity contribution in [2.75, 3.05) is 7.11 Å². The molecule has 0 spiro atoms. The molecular weight excluding hydrogens is 338 g/mol. The standard InChI is InChI=1S/C18H17N3O3S/c1-24-17(22)10-15(16-8-5-9-25-16)20-18(23)13-11-19-21(12-13)14-6-3-2-4-7-14/h2-9,11-12,15H,10H2,1H3,(H,20,23). The number of rotatable bonds is 6. The molecule has 1 aromatic carbocycles. The molecule has 0 aliphatic heterocycles. The molecule has 0 fully saturated rings. The molecule has 25 heavy (non-hydrogen) atoms. The molecule has 1 atom stereocenters. The van der Waals surface area contributed by atoms with Crippen molar-refractivity contribution in [3.63, 3.8) is 0 Å². The molecule has 0 saturated carbocycles. The normalized spacial score (nSPS) is 11.7. The minimum atomic E-state index is -0.431. The van der Waals surface area contributed by atoms with Gasteiger partial charge in [0.05, 0.1) is 37.0 Å². The number of esters is 1. The second-order valence-corrected chi connectivity index (χ2v) is 6.31. The van der Waals surface area contributed by atoms with E-state index < -0.39 is 6.04 Å². The molecule has 0 aliphatic carbocycles. The molecule has 0 bridgehead atoms. The lowest BCUT2D eigenvalue weighted by molar-refractivity contribution is -0.141. The Labute approximate surface area is 149 Å². The van der Waals surface area contributed by atoms with E-state index in [1.54, 1.807) is 10.9 Å². The molecule has 0 saturated heterocycles. The van der Waals surface area contributed by atoms with Crippen LogP contribution >= 0.6 is 11.3 Å². The van der Waals surface area contributed by atoms with Gasteiger partial charge >= 0.3 is 5.97 Å². The van der Waals surface area contributed by atoms with Gasteiger partial charge < -0.3 is 10.1 Å². The maximum Gasteiger partial charge on any atom is 0.307 e. The van der Waals surface area contributed by atoms with Crippen LogP contribution in [0.4, 0.5) is 0 Å². The van der Waals surface area contributed by atoms with Crippen LogP contribution in [0.3, 0.4) is 0 Å². The van der Waals surface area contributed by atoms with Crippen LogP contribution in [0.2, 0.25) is 0 Å². The number of amides is 1. The Morgan fingerprint density at radius 3 is 2.72 bits per heavy atom. The van der Waals surface area contributed by atoms with Crippen molar-refractivity contribution in [2.45, 2.75) is 12.5 Å². The molecule has 6 nitrogen and oxygen atoms in total. The number of nitrogens with one attached hydrogen (secondary N) is 1. The van der Waals surface area contributed by atoms with Crippen molar-refractivity contribution in [2.24, 2.45) is 0 Å². The lowest BCUT2D eigenvalue weighted by Crippen LogP contribution is -2.29. The lowest BCUT2D eigenvalue weighted by atomic mass is 10.1. The van der Waals surface area contributed by atoms with Gasteiger partial charge in [-0.05, 0) is 23.6 Å². The van der Waals surface area contributed by atoms with Crippen LogP contribution in [0.15, 0.2) is 60.2 Å². The van der Waals surface area contributed by atoms with Gasteiger partial charge in [0.1, 0.15) is 0 Å². The second kappa shape index (κ2) is 7.76. The largest absolute Gasteiger partial charge is 0.469 e. The lowest BCUT2D eigenvalue weighted by Gasteiger charge is -2.15. The Morgan fingerprint density at radius 1 is 1.24 bits per heavy atom. The summed E-state index contributed by atoms with van der Waals surface area (Å²) in [5.41, 5.74) is 1.29. The van der Waals surface area contributed by atoms with Gasteiger partial charge in [-0.1, -0.05) is 24.3 Å². The third kappa shape index (κ3) is 4.13. The van der Waals surface area contributed by atoms with E-state index in [2.05, 4.69) is 10.4 Å². The van der Waals surface area contributed by atoms with Crippen LogP contribution in [0.1, 0.15) is 27.7 Å². The number of hydrogen-bond donors (Lipinski definition) is 1. The molecule has 1 unspecified atom stereocenters. The second-order valence-electron chi connectivity index (χ2n) is 5.33. The average Bonchev–Trinajstić information content (AvgIpc) is 3.33. The number of benzene rings is 1. The van der Waals surface area contributed by atoms with E-state index >= 15 is 0 Å². The zero-order valence-corrected chi connectivity index (χ0v) is 14.4. The maximum absolute atomic E-state index is 12.6. The van der Waals surface area contributed by atoms with Crippen LogP contribution in [0, 0.1) is 0 Å². The third-order valence-corrected chi connectivity index (χ3v) is 4.64. The van der Waals surface area contributed by atoms with Gasteiger partial charge in [0.25, 0.3) is 5.91 Å². The summed E-state index contributed by atoms with van der Waals surface area (Å²) in [4.78, 5) is 25.1. The van der Waals surface area contributed by atoms with E-state index in [0.717, 1.165) is 10.6 Å². The van der Waals surface area contributed by atoms with E-state index in [-0.39, 0.29) is 18.3 Å².